The zero-order chi connectivity index (χ0) is 16.8. The predicted molar refractivity (Wildman–Crippen MR) is 95.2 cm³/mol. The van der Waals surface area contributed by atoms with Gasteiger partial charge in [-0.25, -0.2) is 0 Å². The molecule has 0 fully saturated rings. The molecule has 1 amide bonds. The van der Waals surface area contributed by atoms with Crippen LogP contribution in [-0.2, 0) is 17.8 Å². The molecule has 3 rings (SSSR count). The Hall–Kier alpha value is -2.60. The van der Waals surface area contributed by atoms with Crippen LogP contribution in [0.25, 0.3) is 11.3 Å². The molecule has 0 aliphatic heterocycles. The van der Waals surface area contributed by atoms with Crippen molar-refractivity contribution in [2.24, 2.45) is 0 Å². The standard InChI is InChI=1S/C18H19N3O2S/c1-23-16-4-2-3-14(11-16)12-18(22)19-7-9-21-8-5-17(20-21)15-6-10-24-13-15/h2-6,8,10-11,13H,7,9,12H2,1H3,(H,19,22). The summed E-state index contributed by atoms with van der Waals surface area (Å²) in [5.74, 6) is 0.756. The molecule has 0 unspecified atom stereocenters. The number of thiophene rings is 1. The maximum Gasteiger partial charge on any atom is 0.224 e. The number of hydrogen-bond donors (Lipinski definition) is 1. The molecule has 0 aliphatic carbocycles. The normalized spacial score (nSPS) is 10.5. The molecule has 0 radical (unpaired) electrons. The van der Waals surface area contributed by atoms with Crippen LogP contribution in [0.15, 0.2) is 53.4 Å². The van der Waals surface area contributed by atoms with Gasteiger partial charge in [0.15, 0.2) is 0 Å². The molecule has 0 spiro atoms. The van der Waals surface area contributed by atoms with Crippen LogP contribution in [0.4, 0.5) is 0 Å². The summed E-state index contributed by atoms with van der Waals surface area (Å²) < 4.78 is 7.01. The molecule has 24 heavy (non-hydrogen) atoms. The first kappa shape index (κ1) is 16.3. The van der Waals surface area contributed by atoms with Crippen molar-refractivity contribution in [1.29, 1.82) is 0 Å². The summed E-state index contributed by atoms with van der Waals surface area (Å²) in [6.45, 7) is 1.20. The van der Waals surface area contributed by atoms with E-state index in [0.717, 1.165) is 22.6 Å². The van der Waals surface area contributed by atoms with Gasteiger partial charge in [-0.15, -0.1) is 0 Å². The number of nitrogens with zero attached hydrogens (tertiary/aromatic N) is 2. The molecule has 124 valence electrons. The van der Waals surface area contributed by atoms with Crippen LogP contribution >= 0.6 is 11.3 Å². The van der Waals surface area contributed by atoms with Crippen molar-refractivity contribution in [1.82, 2.24) is 15.1 Å². The van der Waals surface area contributed by atoms with Crippen molar-refractivity contribution in [3.05, 3.63) is 58.9 Å². The molecule has 0 bridgehead atoms. The number of methoxy groups -OCH3 is 1. The van der Waals surface area contributed by atoms with E-state index in [0.29, 0.717) is 19.5 Å². The minimum absolute atomic E-state index is 0.00605. The highest BCUT2D eigenvalue weighted by Crippen LogP contribution is 2.19. The molecule has 6 heteroatoms. The van der Waals surface area contributed by atoms with Crippen LogP contribution in [0.2, 0.25) is 0 Å². The first-order valence-corrected chi connectivity index (χ1v) is 8.64. The second kappa shape index (κ2) is 7.79. The monoisotopic (exact) mass is 341 g/mol. The van der Waals surface area contributed by atoms with Gasteiger partial charge in [-0.1, -0.05) is 12.1 Å². The van der Waals surface area contributed by atoms with Gasteiger partial charge in [-0.3, -0.25) is 9.48 Å². The Kier molecular flexibility index (Phi) is 5.28. The Morgan fingerprint density at radius 2 is 2.25 bits per heavy atom. The van der Waals surface area contributed by atoms with Gasteiger partial charge in [0.25, 0.3) is 0 Å². The van der Waals surface area contributed by atoms with E-state index in [9.17, 15) is 4.79 Å². The van der Waals surface area contributed by atoms with Crippen molar-refractivity contribution in [3.8, 4) is 17.0 Å². The molecular weight excluding hydrogens is 322 g/mol. The average Bonchev–Trinajstić information content (AvgIpc) is 3.26. The number of ether oxygens (including phenoxy) is 1. The number of aromatic nitrogens is 2. The fourth-order valence-corrected chi connectivity index (χ4v) is 3.04. The number of rotatable bonds is 7. The third-order valence-electron chi connectivity index (χ3n) is 3.62. The summed E-state index contributed by atoms with van der Waals surface area (Å²) in [6, 6.07) is 11.6. The number of carbonyl (C=O) groups excluding carboxylic acids is 1. The number of benzene rings is 1. The summed E-state index contributed by atoms with van der Waals surface area (Å²) >= 11 is 1.65. The molecule has 2 heterocycles. The lowest BCUT2D eigenvalue weighted by molar-refractivity contribution is -0.120. The van der Waals surface area contributed by atoms with Crippen LogP contribution in [0.1, 0.15) is 5.56 Å². The zero-order valence-corrected chi connectivity index (χ0v) is 14.3. The summed E-state index contributed by atoms with van der Waals surface area (Å²) in [5, 5.41) is 11.5. The molecule has 1 aromatic carbocycles. The number of carbonyl (C=O) groups is 1. The van der Waals surface area contributed by atoms with E-state index in [2.05, 4.69) is 15.8 Å². The molecule has 2 aromatic heterocycles. The number of nitrogens with one attached hydrogen (secondary N) is 1. The van der Waals surface area contributed by atoms with Crippen molar-refractivity contribution >= 4 is 17.2 Å². The van der Waals surface area contributed by atoms with Crippen molar-refractivity contribution in [2.75, 3.05) is 13.7 Å². The minimum Gasteiger partial charge on any atom is -0.497 e. The van der Waals surface area contributed by atoms with E-state index in [1.165, 1.54) is 0 Å². The van der Waals surface area contributed by atoms with Gasteiger partial charge in [-0.2, -0.15) is 16.4 Å². The van der Waals surface area contributed by atoms with Crippen LogP contribution < -0.4 is 10.1 Å². The lowest BCUT2D eigenvalue weighted by atomic mass is 10.1. The molecule has 0 atom stereocenters. The van der Waals surface area contributed by atoms with Crippen LogP contribution in [0, 0.1) is 0 Å². The van der Waals surface area contributed by atoms with Crippen molar-refractivity contribution < 1.29 is 9.53 Å². The van der Waals surface area contributed by atoms with E-state index in [1.54, 1.807) is 18.4 Å². The first-order chi connectivity index (χ1) is 11.7. The molecule has 0 aliphatic rings. The van der Waals surface area contributed by atoms with E-state index in [-0.39, 0.29) is 5.91 Å². The summed E-state index contributed by atoms with van der Waals surface area (Å²) in [4.78, 5) is 12.0. The summed E-state index contributed by atoms with van der Waals surface area (Å²) in [5.41, 5.74) is 3.02. The lowest BCUT2D eigenvalue weighted by Crippen LogP contribution is -2.28. The fraction of sp³-hybridized carbons (Fsp3) is 0.222. The smallest absolute Gasteiger partial charge is 0.224 e. The Morgan fingerprint density at radius 3 is 3.04 bits per heavy atom. The second-order valence-electron chi connectivity index (χ2n) is 5.35. The Bertz CT molecular complexity index is 796. The van der Waals surface area contributed by atoms with E-state index >= 15 is 0 Å². The van der Waals surface area contributed by atoms with Crippen LogP contribution in [0.3, 0.4) is 0 Å². The molecule has 5 nitrogen and oxygen atoms in total. The summed E-state index contributed by atoms with van der Waals surface area (Å²) in [6.07, 6.45) is 2.28. The molecule has 0 saturated heterocycles. The highest BCUT2D eigenvalue weighted by Gasteiger charge is 2.05. The van der Waals surface area contributed by atoms with E-state index in [1.807, 2.05) is 52.7 Å². The number of hydrogen-bond acceptors (Lipinski definition) is 4. The van der Waals surface area contributed by atoms with Gasteiger partial charge in [0, 0.05) is 23.7 Å². The third kappa shape index (κ3) is 4.23. The third-order valence-corrected chi connectivity index (χ3v) is 4.30. The molecule has 0 saturated carbocycles. The van der Waals surface area contributed by atoms with Crippen molar-refractivity contribution in [2.45, 2.75) is 13.0 Å². The van der Waals surface area contributed by atoms with Crippen LogP contribution in [-0.4, -0.2) is 29.3 Å². The van der Waals surface area contributed by atoms with Crippen LogP contribution in [0.5, 0.6) is 5.75 Å². The van der Waals surface area contributed by atoms with Crippen molar-refractivity contribution in [3.63, 3.8) is 0 Å². The van der Waals surface area contributed by atoms with Gasteiger partial charge in [0.05, 0.1) is 25.8 Å². The maximum absolute atomic E-state index is 12.0. The SMILES string of the molecule is COc1cccc(CC(=O)NCCn2ccc(-c3ccsc3)n2)c1. The van der Waals surface area contributed by atoms with Gasteiger partial charge < -0.3 is 10.1 Å². The predicted octanol–water partition coefficient (Wildman–Crippen LogP) is 2.98. The molecular formula is C18H19N3O2S. The fourth-order valence-electron chi connectivity index (χ4n) is 2.39. The molecule has 1 N–H and O–H groups in total. The summed E-state index contributed by atoms with van der Waals surface area (Å²) in [7, 11) is 1.62. The van der Waals surface area contributed by atoms with Gasteiger partial charge in [-0.05, 0) is 35.2 Å². The van der Waals surface area contributed by atoms with Gasteiger partial charge in [0.2, 0.25) is 5.91 Å². The Morgan fingerprint density at radius 1 is 1.33 bits per heavy atom. The highest BCUT2D eigenvalue weighted by atomic mass is 32.1. The second-order valence-corrected chi connectivity index (χ2v) is 6.13. The highest BCUT2D eigenvalue weighted by molar-refractivity contribution is 7.08. The van der Waals surface area contributed by atoms with Gasteiger partial charge in [0.1, 0.15) is 5.75 Å². The maximum atomic E-state index is 12.0. The Labute approximate surface area is 144 Å². The largest absolute Gasteiger partial charge is 0.497 e. The van der Waals surface area contributed by atoms with E-state index in [4.69, 9.17) is 4.74 Å². The zero-order valence-electron chi connectivity index (χ0n) is 13.4. The minimum atomic E-state index is -0.00605. The quantitative estimate of drug-likeness (QED) is 0.719. The average molecular weight is 341 g/mol. The lowest BCUT2D eigenvalue weighted by Gasteiger charge is -2.07. The topological polar surface area (TPSA) is 56.1 Å². The number of amides is 1. The van der Waals surface area contributed by atoms with E-state index < -0.39 is 0 Å². The first-order valence-electron chi connectivity index (χ1n) is 7.70. The molecule has 3 aromatic rings. The Balaban J connectivity index is 1.46. The van der Waals surface area contributed by atoms with Gasteiger partial charge >= 0.3 is 0 Å².